The molecule has 2 rings (SSSR count). The molecule has 24 heavy (non-hydrogen) atoms. The lowest BCUT2D eigenvalue weighted by atomic mass is 9.84. The van der Waals surface area contributed by atoms with Gasteiger partial charge in [-0.1, -0.05) is 27.7 Å². The number of carbonyl (C=O) groups is 1. The molecule has 0 aliphatic heterocycles. The van der Waals surface area contributed by atoms with Crippen molar-refractivity contribution in [1.29, 1.82) is 0 Å². The molecule has 2 N–H and O–H groups in total. The van der Waals surface area contributed by atoms with Crippen LogP contribution in [-0.2, 0) is 18.4 Å². The highest BCUT2D eigenvalue weighted by molar-refractivity contribution is 6.04. The summed E-state index contributed by atoms with van der Waals surface area (Å²) in [6.07, 6.45) is 2.40. The Hall–Kier alpha value is -1.81. The Kier molecular flexibility index (Phi) is 5.38. The Labute approximate surface area is 144 Å². The number of hydrogen-bond donors (Lipinski definition) is 2. The largest absolute Gasteiger partial charge is 0.478 e. The minimum atomic E-state index is -0.880. The van der Waals surface area contributed by atoms with Crippen molar-refractivity contribution in [2.45, 2.75) is 65.8 Å². The second-order valence-corrected chi connectivity index (χ2v) is 7.52. The number of aromatic nitrogens is 1. The van der Waals surface area contributed by atoms with Gasteiger partial charge in [0.05, 0.1) is 11.1 Å². The van der Waals surface area contributed by atoms with E-state index in [4.69, 9.17) is 0 Å². The van der Waals surface area contributed by atoms with Crippen LogP contribution in [0.5, 0.6) is 0 Å². The molecule has 0 aliphatic rings. The first-order valence-electron chi connectivity index (χ1n) is 8.72. The van der Waals surface area contributed by atoms with E-state index in [1.165, 1.54) is 5.56 Å². The molecule has 4 heteroatoms. The SMILES string of the molecule is CCCn1c(C)c(CCCO)c2cc(C(C)(C)C)cc(C(=O)O)c21. The van der Waals surface area contributed by atoms with Crippen LogP contribution in [0, 0.1) is 6.92 Å². The van der Waals surface area contributed by atoms with Crippen molar-refractivity contribution < 1.29 is 15.0 Å². The second-order valence-electron chi connectivity index (χ2n) is 7.52. The first-order valence-corrected chi connectivity index (χ1v) is 8.72. The van der Waals surface area contributed by atoms with Crippen LogP contribution >= 0.6 is 0 Å². The van der Waals surface area contributed by atoms with E-state index in [-0.39, 0.29) is 12.0 Å². The maximum Gasteiger partial charge on any atom is 0.337 e. The lowest BCUT2D eigenvalue weighted by Crippen LogP contribution is -2.13. The number of rotatable bonds is 6. The number of carboxylic acid groups (broad SMARTS) is 1. The summed E-state index contributed by atoms with van der Waals surface area (Å²) < 4.78 is 2.14. The Morgan fingerprint density at radius 1 is 1.25 bits per heavy atom. The summed E-state index contributed by atoms with van der Waals surface area (Å²) in [6.45, 7) is 11.4. The molecule has 0 spiro atoms. The first kappa shape index (κ1) is 18.5. The summed E-state index contributed by atoms with van der Waals surface area (Å²) >= 11 is 0. The Balaban J connectivity index is 2.87. The highest BCUT2D eigenvalue weighted by Crippen LogP contribution is 2.35. The van der Waals surface area contributed by atoms with Crippen molar-refractivity contribution in [3.63, 3.8) is 0 Å². The van der Waals surface area contributed by atoms with Gasteiger partial charge in [0.2, 0.25) is 0 Å². The number of aryl methyl sites for hydroxylation is 2. The smallest absolute Gasteiger partial charge is 0.337 e. The van der Waals surface area contributed by atoms with Gasteiger partial charge in [0.15, 0.2) is 0 Å². The van der Waals surface area contributed by atoms with Crippen molar-refractivity contribution in [2.24, 2.45) is 0 Å². The van der Waals surface area contributed by atoms with Crippen LogP contribution in [0.1, 0.15) is 67.7 Å². The fourth-order valence-electron chi connectivity index (χ4n) is 3.35. The summed E-state index contributed by atoms with van der Waals surface area (Å²) in [5, 5.41) is 20.0. The molecule has 0 unspecified atom stereocenters. The fraction of sp³-hybridized carbons (Fsp3) is 0.550. The number of fused-ring (bicyclic) bond motifs is 1. The van der Waals surface area contributed by atoms with E-state index in [9.17, 15) is 15.0 Å². The van der Waals surface area contributed by atoms with Crippen LogP contribution in [0.3, 0.4) is 0 Å². The molecule has 0 saturated heterocycles. The van der Waals surface area contributed by atoms with Crippen molar-refractivity contribution in [3.05, 3.63) is 34.5 Å². The molecule has 4 nitrogen and oxygen atoms in total. The molecule has 1 heterocycles. The quantitative estimate of drug-likeness (QED) is 0.830. The van der Waals surface area contributed by atoms with Crippen LogP contribution in [0.2, 0.25) is 0 Å². The molecule has 0 bridgehead atoms. The zero-order chi connectivity index (χ0) is 18.1. The Morgan fingerprint density at radius 3 is 2.42 bits per heavy atom. The van der Waals surface area contributed by atoms with Crippen molar-refractivity contribution in [2.75, 3.05) is 6.61 Å². The summed E-state index contributed by atoms with van der Waals surface area (Å²) in [5.74, 6) is -0.880. The average molecular weight is 331 g/mol. The molecule has 0 atom stereocenters. The lowest BCUT2D eigenvalue weighted by Gasteiger charge is -2.20. The minimum Gasteiger partial charge on any atom is -0.478 e. The van der Waals surface area contributed by atoms with Gasteiger partial charge in [-0.05, 0) is 54.9 Å². The van der Waals surface area contributed by atoms with Crippen LogP contribution in [0.25, 0.3) is 10.9 Å². The normalized spacial score (nSPS) is 12.1. The Bertz CT molecular complexity index is 751. The summed E-state index contributed by atoms with van der Waals surface area (Å²) in [4.78, 5) is 11.9. The van der Waals surface area contributed by atoms with Gasteiger partial charge in [0.1, 0.15) is 0 Å². The molecular weight excluding hydrogens is 302 g/mol. The third-order valence-corrected chi connectivity index (χ3v) is 4.68. The van der Waals surface area contributed by atoms with E-state index in [0.29, 0.717) is 12.0 Å². The predicted octanol–water partition coefficient (Wildman–Crippen LogP) is 4.28. The predicted molar refractivity (Wildman–Crippen MR) is 98.0 cm³/mol. The van der Waals surface area contributed by atoms with Crippen LogP contribution in [0.15, 0.2) is 12.1 Å². The summed E-state index contributed by atoms with van der Waals surface area (Å²) in [5.41, 5.74) is 4.40. The first-order chi connectivity index (χ1) is 11.2. The number of hydrogen-bond acceptors (Lipinski definition) is 2. The third-order valence-electron chi connectivity index (χ3n) is 4.68. The van der Waals surface area contributed by atoms with Crippen LogP contribution in [0.4, 0.5) is 0 Å². The molecule has 0 radical (unpaired) electrons. The number of nitrogens with zero attached hydrogens (tertiary/aromatic N) is 1. The van der Waals surface area contributed by atoms with Crippen molar-refractivity contribution in [1.82, 2.24) is 4.57 Å². The highest BCUT2D eigenvalue weighted by atomic mass is 16.4. The topological polar surface area (TPSA) is 62.5 Å². The van der Waals surface area contributed by atoms with E-state index < -0.39 is 5.97 Å². The molecule has 0 fully saturated rings. The van der Waals surface area contributed by atoms with Gasteiger partial charge < -0.3 is 14.8 Å². The second kappa shape index (κ2) is 6.98. The van der Waals surface area contributed by atoms with Gasteiger partial charge in [-0.15, -0.1) is 0 Å². The molecule has 1 aromatic carbocycles. The van der Waals surface area contributed by atoms with Gasteiger partial charge in [-0.3, -0.25) is 0 Å². The molecule has 1 aromatic heterocycles. The van der Waals surface area contributed by atoms with E-state index in [1.54, 1.807) is 0 Å². The van der Waals surface area contributed by atoms with Gasteiger partial charge in [0, 0.05) is 24.2 Å². The zero-order valence-corrected chi connectivity index (χ0v) is 15.4. The van der Waals surface area contributed by atoms with Crippen molar-refractivity contribution >= 4 is 16.9 Å². The molecule has 2 aromatic rings. The van der Waals surface area contributed by atoms with Gasteiger partial charge in [-0.2, -0.15) is 0 Å². The molecule has 0 saturated carbocycles. The monoisotopic (exact) mass is 331 g/mol. The Morgan fingerprint density at radius 2 is 1.92 bits per heavy atom. The molecule has 0 amide bonds. The number of aromatic carboxylic acids is 1. The molecular formula is C20H29NO3. The highest BCUT2D eigenvalue weighted by Gasteiger charge is 2.24. The number of benzene rings is 1. The standard InChI is InChI=1S/C20H29NO3/c1-6-9-21-13(2)15(8-7-10-22)16-11-14(20(3,4)5)12-17(18(16)21)19(23)24/h11-12,22H,6-10H2,1-5H3,(H,23,24). The number of aliphatic hydroxyl groups is 1. The van der Waals surface area contributed by atoms with Gasteiger partial charge >= 0.3 is 5.97 Å². The van der Waals surface area contributed by atoms with Crippen LogP contribution in [-0.4, -0.2) is 27.4 Å². The van der Waals surface area contributed by atoms with Crippen molar-refractivity contribution in [3.8, 4) is 0 Å². The maximum absolute atomic E-state index is 11.9. The average Bonchev–Trinajstić information content (AvgIpc) is 2.76. The summed E-state index contributed by atoms with van der Waals surface area (Å²) in [6, 6.07) is 3.97. The maximum atomic E-state index is 11.9. The van der Waals surface area contributed by atoms with Gasteiger partial charge in [-0.25, -0.2) is 4.79 Å². The third kappa shape index (κ3) is 3.34. The lowest BCUT2D eigenvalue weighted by molar-refractivity contribution is 0.0698. The fourth-order valence-corrected chi connectivity index (χ4v) is 3.35. The minimum absolute atomic E-state index is 0.118. The molecule has 132 valence electrons. The van der Waals surface area contributed by atoms with E-state index in [1.807, 2.05) is 6.07 Å². The number of aliphatic hydroxyl groups excluding tert-OH is 1. The zero-order valence-electron chi connectivity index (χ0n) is 15.4. The van der Waals surface area contributed by atoms with Crippen LogP contribution < -0.4 is 0 Å². The van der Waals surface area contributed by atoms with E-state index >= 15 is 0 Å². The number of carboxylic acids is 1. The van der Waals surface area contributed by atoms with Gasteiger partial charge in [0.25, 0.3) is 0 Å². The van der Waals surface area contributed by atoms with E-state index in [2.05, 4.69) is 45.3 Å². The van der Waals surface area contributed by atoms with E-state index in [0.717, 1.165) is 41.5 Å². The summed E-state index contributed by atoms with van der Waals surface area (Å²) in [7, 11) is 0. The molecule has 0 aliphatic carbocycles.